The van der Waals surface area contributed by atoms with Gasteiger partial charge in [-0.15, -0.1) is 5.10 Å². The third kappa shape index (κ3) is 3.31. The van der Waals surface area contributed by atoms with E-state index in [1.165, 1.54) is 12.8 Å². The summed E-state index contributed by atoms with van der Waals surface area (Å²) in [6.07, 6.45) is 8.31. The van der Waals surface area contributed by atoms with Crippen molar-refractivity contribution in [1.29, 1.82) is 0 Å². The van der Waals surface area contributed by atoms with Gasteiger partial charge in [-0.1, -0.05) is 0 Å². The monoisotopic (exact) mass is 348 g/mol. The minimum atomic E-state index is 0.421. The van der Waals surface area contributed by atoms with Crippen LogP contribution in [0.3, 0.4) is 0 Å². The van der Waals surface area contributed by atoms with E-state index in [1.54, 1.807) is 0 Å². The first-order valence-electron chi connectivity index (χ1n) is 9.11. The third-order valence-corrected chi connectivity index (χ3v) is 4.79. The van der Waals surface area contributed by atoms with Gasteiger partial charge in [0, 0.05) is 35.3 Å². The Morgan fingerprint density at radius 3 is 2.77 bits per heavy atom. The Hall–Kier alpha value is -2.76. The van der Waals surface area contributed by atoms with Crippen molar-refractivity contribution in [2.24, 2.45) is 10.9 Å². The van der Waals surface area contributed by atoms with Crippen LogP contribution in [0, 0.1) is 12.8 Å². The van der Waals surface area contributed by atoms with Gasteiger partial charge in [-0.25, -0.2) is 19.5 Å². The smallest absolute Gasteiger partial charge is 0.241 e. The van der Waals surface area contributed by atoms with E-state index in [2.05, 4.69) is 44.4 Å². The quantitative estimate of drug-likeness (QED) is 0.693. The van der Waals surface area contributed by atoms with Gasteiger partial charge in [0.05, 0.1) is 11.7 Å². The first kappa shape index (κ1) is 16.7. The van der Waals surface area contributed by atoms with E-state index < -0.39 is 0 Å². The molecule has 1 N–H and O–H groups in total. The Bertz CT molecular complexity index is 979. The number of aliphatic imine (C=N–C) groups is 1. The van der Waals surface area contributed by atoms with Crippen LogP contribution >= 0.6 is 0 Å². The Kier molecular flexibility index (Phi) is 4.18. The predicted octanol–water partition coefficient (Wildman–Crippen LogP) is 4.42. The summed E-state index contributed by atoms with van der Waals surface area (Å²) in [7, 11) is 0. The number of nitrogens with zero attached hydrogens (tertiary/aromatic N) is 5. The predicted molar refractivity (Wildman–Crippen MR) is 105 cm³/mol. The molecule has 0 aliphatic heterocycles. The summed E-state index contributed by atoms with van der Waals surface area (Å²) in [5, 5.41) is 8.01. The second kappa shape index (κ2) is 6.52. The molecule has 0 saturated heterocycles. The van der Waals surface area contributed by atoms with Crippen molar-refractivity contribution in [1.82, 2.24) is 19.6 Å². The fourth-order valence-electron chi connectivity index (χ4n) is 3.17. The van der Waals surface area contributed by atoms with Crippen molar-refractivity contribution in [3.63, 3.8) is 0 Å². The highest BCUT2D eigenvalue weighted by Crippen LogP contribution is 2.33. The minimum absolute atomic E-state index is 0.421. The maximum absolute atomic E-state index is 4.60. The number of nitrogens with one attached hydrogen (secondary N) is 1. The van der Waals surface area contributed by atoms with Gasteiger partial charge in [-0.05, 0) is 64.2 Å². The molecule has 1 aliphatic rings. The van der Waals surface area contributed by atoms with E-state index in [-0.39, 0.29) is 0 Å². The highest BCUT2D eigenvalue weighted by Gasteiger charge is 2.28. The summed E-state index contributed by atoms with van der Waals surface area (Å²) in [5.74, 6) is 2.21. The van der Waals surface area contributed by atoms with Crippen molar-refractivity contribution in [2.45, 2.75) is 46.6 Å². The lowest BCUT2D eigenvalue weighted by molar-refractivity contribution is 0.681. The van der Waals surface area contributed by atoms with Gasteiger partial charge in [-0.3, -0.25) is 0 Å². The zero-order valence-electron chi connectivity index (χ0n) is 15.7. The molecule has 6 nitrogen and oxygen atoms in total. The largest absolute Gasteiger partial charge is 0.350 e. The van der Waals surface area contributed by atoms with Crippen LogP contribution in [0.4, 0.5) is 11.8 Å². The highest BCUT2D eigenvalue weighted by atomic mass is 15.3. The summed E-state index contributed by atoms with van der Waals surface area (Å²) < 4.78 is 1.88. The van der Waals surface area contributed by atoms with Crippen LogP contribution in [0.2, 0.25) is 0 Å². The summed E-state index contributed by atoms with van der Waals surface area (Å²) in [5.41, 5.74) is 5.15. The molecule has 1 aliphatic carbocycles. The van der Waals surface area contributed by atoms with Crippen LogP contribution in [-0.4, -0.2) is 31.3 Å². The number of fused-ring (bicyclic) bond motifs is 1. The molecular weight excluding hydrogens is 324 g/mol. The molecule has 0 amide bonds. The summed E-state index contributed by atoms with van der Waals surface area (Å²) in [6, 6.07) is 4.60. The van der Waals surface area contributed by atoms with Crippen LogP contribution in [-0.2, 0) is 0 Å². The Morgan fingerprint density at radius 2 is 2.08 bits per heavy atom. The lowest BCUT2D eigenvalue weighted by Crippen LogP contribution is -2.19. The Balaban J connectivity index is 1.64. The van der Waals surface area contributed by atoms with Gasteiger partial charge in [0.15, 0.2) is 5.82 Å². The number of pyridine rings is 1. The number of aromatic nitrogens is 4. The molecule has 6 heteroatoms. The molecule has 0 aromatic carbocycles. The zero-order chi connectivity index (χ0) is 18.3. The summed E-state index contributed by atoms with van der Waals surface area (Å²) in [6.45, 7) is 8.18. The van der Waals surface area contributed by atoms with Crippen molar-refractivity contribution in [3.05, 3.63) is 36.3 Å². The number of hydrogen-bond donors (Lipinski definition) is 1. The number of hydrogen-bond acceptors (Lipinski definition) is 5. The first-order chi connectivity index (χ1) is 12.5. The highest BCUT2D eigenvalue weighted by molar-refractivity contribution is 5.83. The molecule has 0 radical (unpaired) electrons. The molecule has 1 saturated carbocycles. The molecule has 0 spiro atoms. The van der Waals surface area contributed by atoms with Crippen LogP contribution in [0.15, 0.2) is 35.7 Å². The third-order valence-electron chi connectivity index (χ3n) is 4.79. The summed E-state index contributed by atoms with van der Waals surface area (Å²) >= 11 is 0. The van der Waals surface area contributed by atoms with Crippen LogP contribution in [0.1, 0.15) is 39.2 Å². The fourth-order valence-corrected chi connectivity index (χ4v) is 3.17. The van der Waals surface area contributed by atoms with Crippen molar-refractivity contribution in [2.75, 3.05) is 5.32 Å². The number of rotatable bonds is 5. The van der Waals surface area contributed by atoms with Crippen molar-refractivity contribution < 1.29 is 0 Å². The molecule has 3 heterocycles. The van der Waals surface area contributed by atoms with Gasteiger partial charge in [0.1, 0.15) is 0 Å². The van der Waals surface area contributed by atoms with Crippen molar-refractivity contribution in [3.8, 4) is 11.1 Å². The van der Waals surface area contributed by atoms with E-state index in [1.807, 2.05) is 43.9 Å². The summed E-state index contributed by atoms with van der Waals surface area (Å²) in [4.78, 5) is 13.5. The SMILES string of the molecule is CC(C)=Nc1ncc(-c2ccn3nc(NC(C)C4CC4)ncc23)cc1C. The topological polar surface area (TPSA) is 67.5 Å². The second-order valence-electron chi connectivity index (χ2n) is 7.33. The molecule has 1 unspecified atom stereocenters. The average molecular weight is 348 g/mol. The molecule has 134 valence electrons. The molecule has 26 heavy (non-hydrogen) atoms. The first-order valence-corrected chi connectivity index (χ1v) is 9.11. The van der Waals surface area contributed by atoms with Gasteiger partial charge in [0.25, 0.3) is 0 Å². The second-order valence-corrected chi connectivity index (χ2v) is 7.33. The van der Waals surface area contributed by atoms with Crippen LogP contribution < -0.4 is 5.32 Å². The maximum Gasteiger partial charge on any atom is 0.241 e. The van der Waals surface area contributed by atoms with Gasteiger partial charge in [0.2, 0.25) is 5.95 Å². The van der Waals surface area contributed by atoms with E-state index in [4.69, 9.17) is 0 Å². The van der Waals surface area contributed by atoms with E-state index >= 15 is 0 Å². The van der Waals surface area contributed by atoms with Crippen LogP contribution in [0.25, 0.3) is 16.6 Å². The average Bonchev–Trinajstić information content (AvgIpc) is 3.37. The van der Waals surface area contributed by atoms with Crippen LogP contribution in [0.5, 0.6) is 0 Å². The van der Waals surface area contributed by atoms with E-state index in [0.717, 1.165) is 39.7 Å². The fraction of sp³-hybridized carbons (Fsp3) is 0.400. The van der Waals surface area contributed by atoms with E-state index in [9.17, 15) is 0 Å². The molecule has 3 aromatic rings. The Morgan fingerprint density at radius 1 is 1.27 bits per heavy atom. The Labute approximate surface area is 153 Å². The maximum atomic E-state index is 4.60. The van der Waals surface area contributed by atoms with Crippen molar-refractivity contribution >= 4 is 23.0 Å². The number of aryl methyl sites for hydroxylation is 1. The minimum Gasteiger partial charge on any atom is -0.350 e. The molecule has 3 aromatic heterocycles. The van der Waals surface area contributed by atoms with Gasteiger partial charge < -0.3 is 5.32 Å². The zero-order valence-corrected chi connectivity index (χ0v) is 15.7. The van der Waals surface area contributed by atoms with Gasteiger partial charge >= 0.3 is 0 Å². The molecule has 4 rings (SSSR count). The molecule has 0 bridgehead atoms. The number of anilines is 1. The molecule has 1 atom stereocenters. The van der Waals surface area contributed by atoms with Gasteiger partial charge in [-0.2, -0.15) is 0 Å². The molecule has 1 fully saturated rings. The molecular formula is C20H24N6. The lowest BCUT2D eigenvalue weighted by Gasteiger charge is -2.12. The normalized spacial score (nSPS) is 15.1. The van der Waals surface area contributed by atoms with E-state index in [0.29, 0.717) is 12.0 Å². The standard InChI is InChI=1S/C20H24N6/c1-12(2)23-19-13(3)9-16(10-21-19)17-7-8-26-18(17)11-22-20(25-26)24-14(4)15-5-6-15/h7-11,14-15H,5-6H2,1-4H3,(H,24,25). The lowest BCUT2D eigenvalue weighted by atomic mass is 10.1.